The maximum absolute atomic E-state index is 13.1. The monoisotopic (exact) mass is 621 g/mol. The lowest BCUT2D eigenvalue weighted by Crippen LogP contribution is -2.39. The van der Waals surface area contributed by atoms with Crippen LogP contribution in [0.4, 0.5) is 4.79 Å². The van der Waals surface area contributed by atoms with Gasteiger partial charge in [-0.2, -0.15) is 0 Å². The van der Waals surface area contributed by atoms with Gasteiger partial charge < -0.3 is 23.8 Å². The molecule has 1 aliphatic heterocycles. The van der Waals surface area contributed by atoms with Crippen LogP contribution in [0, 0.1) is 23.2 Å². The molecule has 3 aliphatic rings. The summed E-state index contributed by atoms with van der Waals surface area (Å²) in [4.78, 5) is 40.2. The first-order chi connectivity index (χ1) is 21.4. The van der Waals surface area contributed by atoms with Gasteiger partial charge in [-0.15, -0.1) is 0 Å². The lowest BCUT2D eigenvalue weighted by Gasteiger charge is -2.48. The molecule has 2 saturated carbocycles. The van der Waals surface area contributed by atoms with E-state index in [9.17, 15) is 14.4 Å². The van der Waals surface area contributed by atoms with Crippen molar-refractivity contribution >= 4 is 18.1 Å². The minimum absolute atomic E-state index is 0.0194. The van der Waals surface area contributed by atoms with Crippen LogP contribution >= 0.6 is 0 Å². The number of carbonyl (C=O) groups excluding carboxylic acids is 3. The normalized spacial score (nSPS) is 24.0. The highest BCUT2D eigenvalue weighted by molar-refractivity contribution is 5.70. The van der Waals surface area contributed by atoms with Crippen molar-refractivity contribution in [3.63, 3.8) is 0 Å². The molecular formula is C36H63NO7. The quantitative estimate of drug-likeness (QED) is 0.0678. The SMILES string of the molecule is CCCCCCCCCCC(=O)OCC(COC(=O)CC12CCC[C@@H](C[C@@H](CC)C1)C2)COC(=O)OCCCN1CCCC1. The number of hydrogen-bond donors (Lipinski definition) is 0. The molecule has 0 aromatic carbocycles. The zero-order valence-corrected chi connectivity index (χ0v) is 28.1. The largest absolute Gasteiger partial charge is 0.508 e. The highest BCUT2D eigenvalue weighted by Crippen LogP contribution is 2.53. The van der Waals surface area contributed by atoms with Crippen molar-refractivity contribution in [2.45, 2.75) is 142 Å². The van der Waals surface area contributed by atoms with Gasteiger partial charge in [0.25, 0.3) is 0 Å². The molecule has 0 spiro atoms. The van der Waals surface area contributed by atoms with E-state index in [2.05, 4.69) is 18.7 Å². The molecule has 3 fully saturated rings. The van der Waals surface area contributed by atoms with Gasteiger partial charge in [-0.25, -0.2) is 4.79 Å². The standard InChI is InChI=1S/C36H63NO7/c1-3-5-6-7-8-9-10-11-17-33(38)42-27-32(29-44-35(40)41-22-15-21-37-19-12-13-20-37)28-43-34(39)26-36-18-14-16-31(25-36)23-30(4-2)24-36/h30-32H,3-29H2,1-2H3/t30-,31+,32?,36?/m1/s1. The first-order valence-corrected chi connectivity index (χ1v) is 18.2. The van der Waals surface area contributed by atoms with E-state index >= 15 is 0 Å². The average Bonchev–Trinajstić information content (AvgIpc) is 3.53. The fourth-order valence-electron chi connectivity index (χ4n) is 7.76. The minimum Gasteiger partial charge on any atom is -0.465 e. The molecule has 0 aromatic rings. The number of carbonyl (C=O) groups is 3. The van der Waals surface area contributed by atoms with Crippen LogP contribution in [0.5, 0.6) is 0 Å². The summed E-state index contributed by atoms with van der Waals surface area (Å²) in [5.41, 5.74) is 0.0618. The molecule has 1 heterocycles. The Hall–Kier alpha value is -1.83. The smallest absolute Gasteiger partial charge is 0.465 e. The van der Waals surface area contributed by atoms with Crippen molar-refractivity contribution in [1.82, 2.24) is 4.90 Å². The molecule has 0 radical (unpaired) electrons. The van der Waals surface area contributed by atoms with E-state index in [1.807, 2.05) is 0 Å². The summed E-state index contributed by atoms with van der Waals surface area (Å²) in [5.74, 6) is 0.562. The van der Waals surface area contributed by atoms with Crippen molar-refractivity contribution in [2.24, 2.45) is 23.2 Å². The van der Waals surface area contributed by atoms with Crippen LogP contribution < -0.4 is 0 Å². The fraction of sp³-hybridized carbons (Fsp3) is 0.917. The maximum atomic E-state index is 13.1. The molecule has 44 heavy (non-hydrogen) atoms. The predicted octanol–water partition coefficient (Wildman–Crippen LogP) is 8.25. The first kappa shape index (κ1) is 36.6. The minimum atomic E-state index is -0.729. The Bertz CT molecular complexity index is 829. The maximum Gasteiger partial charge on any atom is 0.508 e. The molecule has 8 nitrogen and oxygen atoms in total. The zero-order valence-electron chi connectivity index (χ0n) is 28.1. The number of rotatable bonds is 22. The summed E-state index contributed by atoms with van der Waals surface area (Å²) in [7, 11) is 0. The third-order valence-electron chi connectivity index (χ3n) is 10.2. The van der Waals surface area contributed by atoms with Gasteiger partial charge in [-0.3, -0.25) is 9.59 Å². The summed E-state index contributed by atoms with van der Waals surface area (Å²) in [6.07, 6.45) is 20.9. The lowest BCUT2D eigenvalue weighted by molar-refractivity contribution is -0.153. The van der Waals surface area contributed by atoms with E-state index in [-0.39, 0.29) is 37.2 Å². The molecule has 1 saturated heterocycles. The number of ether oxygens (including phenoxy) is 4. The second-order valence-corrected chi connectivity index (χ2v) is 14.1. The third kappa shape index (κ3) is 14.5. The van der Waals surface area contributed by atoms with Crippen LogP contribution in [-0.2, 0) is 28.5 Å². The highest BCUT2D eigenvalue weighted by Gasteiger charge is 2.44. The third-order valence-corrected chi connectivity index (χ3v) is 10.2. The summed E-state index contributed by atoms with van der Waals surface area (Å²) in [6, 6.07) is 0. The summed E-state index contributed by atoms with van der Waals surface area (Å²) >= 11 is 0. The molecule has 2 bridgehead atoms. The van der Waals surface area contributed by atoms with Crippen molar-refractivity contribution < 1.29 is 33.3 Å². The molecule has 3 rings (SSSR count). The molecule has 254 valence electrons. The Morgan fingerprint density at radius 1 is 0.773 bits per heavy atom. The first-order valence-electron chi connectivity index (χ1n) is 18.2. The van der Waals surface area contributed by atoms with Crippen LogP contribution in [0.2, 0.25) is 0 Å². The molecule has 0 aromatic heterocycles. The number of hydrogen-bond acceptors (Lipinski definition) is 8. The summed E-state index contributed by atoms with van der Waals surface area (Å²) < 4.78 is 22.0. The summed E-state index contributed by atoms with van der Waals surface area (Å²) in [6.45, 7) is 8.03. The van der Waals surface area contributed by atoms with E-state index in [4.69, 9.17) is 18.9 Å². The van der Waals surface area contributed by atoms with Crippen molar-refractivity contribution in [2.75, 3.05) is 46.1 Å². The molecule has 2 aliphatic carbocycles. The number of unbranched alkanes of at least 4 members (excludes halogenated alkanes) is 7. The Morgan fingerprint density at radius 3 is 2.18 bits per heavy atom. The fourth-order valence-corrected chi connectivity index (χ4v) is 7.76. The molecule has 0 N–H and O–H groups in total. The van der Waals surface area contributed by atoms with E-state index in [1.165, 1.54) is 70.6 Å². The Morgan fingerprint density at radius 2 is 1.45 bits per heavy atom. The number of likely N-dealkylation sites (tertiary alicyclic amines) is 1. The number of nitrogens with zero attached hydrogens (tertiary/aromatic N) is 1. The second-order valence-electron chi connectivity index (χ2n) is 14.1. The van der Waals surface area contributed by atoms with E-state index in [1.54, 1.807) is 0 Å². The van der Waals surface area contributed by atoms with Gasteiger partial charge in [-0.1, -0.05) is 78.1 Å². The molecule has 0 amide bonds. The van der Waals surface area contributed by atoms with Gasteiger partial charge in [0.1, 0.15) is 19.8 Å². The predicted molar refractivity (Wildman–Crippen MR) is 172 cm³/mol. The highest BCUT2D eigenvalue weighted by atomic mass is 16.7. The Labute approximate surface area is 267 Å². The molecule has 2 unspecified atom stereocenters. The van der Waals surface area contributed by atoms with Gasteiger partial charge in [-0.05, 0) is 81.7 Å². The molecule has 8 heteroatoms. The van der Waals surface area contributed by atoms with Crippen LogP contribution in [-0.4, -0.2) is 69.1 Å². The van der Waals surface area contributed by atoms with Gasteiger partial charge in [0.05, 0.1) is 18.9 Å². The van der Waals surface area contributed by atoms with Crippen LogP contribution in [0.1, 0.15) is 142 Å². The van der Waals surface area contributed by atoms with Crippen LogP contribution in [0.3, 0.4) is 0 Å². The second kappa shape index (κ2) is 21.1. The van der Waals surface area contributed by atoms with Crippen molar-refractivity contribution in [3.8, 4) is 0 Å². The number of fused-ring (bicyclic) bond motifs is 2. The van der Waals surface area contributed by atoms with E-state index < -0.39 is 12.1 Å². The average molecular weight is 622 g/mol. The Kier molecular flexibility index (Phi) is 17.5. The summed E-state index contributed by atoms with van der Waals surface area (Å²) in [5, 5.41) is 0. The van der Waals surface area contributed by atoms with Crippen molar-refractivity contribution in [1.29, 1.82) is 0 Å². The molecule has 4 atom stereocenters. The van der Waals surface area contributed by atoms with E-state index in [0.717, 1.165) is 70.5 Å². The van der Waals surface area contributed by atoms with E-state index in [0.29, 0.717) is 25.4 Å². The Balaban J connectivity index is 1.39. The lowest BCUT2D eigenvalue weighted by atomic mass is 9.57. The van der Waals surface area contributed by atoms with Crippen molar-refractivity contribution in [3.05, 3.63) is 0 Å². The van der Waals surface area contributed by atoms with Gasteiger partial charge in [0.15, 0.2) is 0 Å². The van der Waals surface area contributed by atoms with Crippen LogP contribution in [0.15, 0.2) is 0 Å². The topological polar surface area (TPSA) is 91.4 Å². The van der Waals surface area contributed by atoms with Gasteiger partial charge >= 0.3 is 18.1 Å². The van der Waals surface area contributed by atoms with Gasteiger partial charge in [0, 0.05) is 13.0 Å². The number of esters is 2. The molecular weight excluding hydrogens is 558 g/mol. The zero-order chi connectivity index (χ0) is 31.5. The van der Waals surface area contributed by atoms with Gasteiger partial charge in [0.2, 0.25) is 0 Å². The van der Waals surface area contributed by atoms with Crippen LogP contribution in [0.25, 0.3) is 0 Å².